The summed E-state index contributed by atoms with van der Waals surface area (Å²) in [6.45, 7) is 5.04. The van der Waals surface area contributed by atoms with Crippen LogP contribution < -0.4 is 4.72 Å². The molecule has 0 amide bonds. The van der Waals surface area contributed by atoms with Crippen molar-refractivity contribution in [2.24, 2.45) is 5.92 Å². The summed E-state index contributed by atoms with van der Waals surface area (Å²) in [5.41, 5.74) is 1.02. The second kappa shape index (κ2) is 6.70. The van der Waals surface area contributed by atoms with E-state index in [1.165, 1.54) is 0 Å². The molecular weight excluding hydrogens is 274 g/mol. The fraction of sp³-hybridized carbons (Fsp3) is 0.600. The Morgan fingerprint density at radius 1 is 1.30 bits per heavy atom. The van der Waals surface area contributed by atoms with Gasteiger partial charge in [0.2, 0.25) is 10.0 Å². The Balaban J connectivity index is 2.15. The molecule has 4 nitrogen and oxygen atoms in total. The fourth-order valence-electron chi connectivity index (χ4n) is 2.46. The quantitative estimate of drug-likeness (QED) is 0.877. The number of nitrogens with one attached hydrogen (secondary N) is 1. The first-order valence-corrected chi connectivity index (χ1v) is 8.67. The molecule has 1 heterocycles. The van der Waals surface area contributed by atoms with Gasteiger partial charge in [-0.25, -0.2) is 13.1 Å². The summed E-state index contributed by atoms with van der Waals surface area (Å²) in [6.07, 6.45) is 1.37. The lowest BCUT2D eigenvalue weighted by Crippen LogP contribution is -2.37. The molecule has 0 spiro atoms. The molecular formula is C15H23NO3S. The van der Waals surface area contributed by atoms with Crippen LogP contribution in [0.5, 0.6) is 0 Å². The minimum Gasteiger partial charge on any atom is -0.380 e. The lowest BCUT2D eigenvalue weighted by molar-refractivity contribution is 0.198. The molecule has 0 bridgehead atoms. The number of rotatable bonds is 6. The van der Waals surface area contributed by atoms with E-state index < -0.39 is 15.3 Å². The molecule has 1 fully saturated rings. The molecule has 2 atom stereocenters. The standard InChI is InChI=1S/C15H23NO3S/c1-12(2)10-15(13-6-4-3-5-7-13)16-20(17,18)14-8-9-19-11-14/h3-7,12,14-16H,8-11H2,1-2H3/t14-,15+/m0/s1. The first-order valence-electron chi connectivity index (χ1n) is 7.13. The van der Waals surface area contributed by atoms with Crippen LogP contribution in [-0.2, 0) is 14.8 Å². The second-order valence-electron chi connectivity index (χ2n) is 5.74. The van der Waals surface area contributed by atoms with E-state index in [0.29, 0.717) is 25.6 Å². The molecule has 0 aliphatic carbocycles. The van der Waals surface area contributed by atoms with E-state index in [0.717, 1.165) is 12.0 Å². The molecule has 1 aromatic carbocycles. The first-order chi connectivity index (χ1) is 9.49. The summed E-state index contributed by atoms with van der Waals surface area (Å²) in [7, 11) is -3.33. The maximum atomic E-state index is 12.4. The van der Waals surface area contributed by atoms with E-state index in [-0.39, 0.29) is 6.04 Å². The molecule has 2 rings (SSSR count). The second-order valence-corrected chi connectivity index (χ2v) is 7.73. The van der Waals surface area contributed by atoms with Gasteiger partial charge >= 0.3 is 0 Å². The molecule has 0 unspecified atom stereocenters. The summed E-state index contributed by atoms with van der Waals surface area (Å²) in [5.74, 6) is 0.419. The van der Waals surface area contributed by atoms with Gasteiger partial charge in [0.15, 0.2) is 0 Å². The van der Waals surface area contributed by atoms with Crippen LogP contribution in [0.25, 0.3) is 0 Å². The topological polar surface area (TPSA) is 55.4 Å². The van der Waals surface area contributed by atoms with Gasteiger partial charge in [0, 0.05) is 12.6 Å². The van der Waals surface area contributed by atoms with Gasteiger partial charge < -0.3 is 4.74 Å². The summed E-state index contributed by atoms with van der Waals surface area (Å²) < 4.78 is 32.9. The Morgan fingerprint density at radius 2 is 2.00 bits per heavy atom. The molecule has 20 heavy (non-hydrogen) atoms. The Labute approximate surface area is 121 Å². The molecule has 1 N–H and O–H groups in total. The van der Waals surface area contributed by atoms with Crippen LogP contribution in [0, 0.1) is 5.92 Å². The maximum absolute atomic E-state index is 12.4. The third kappa shape index (κ3) is 4.04. The zero-order chi connectivity index (χ0) is 14.6. The number of hydrogen-bond donors (Lipinski definition) is 1. The summed E-state index contributed by atoms with van der Waals surface area (Å²) >= 11 is 0. The van der Waals surface area contributed by atoms with Crippen molar-refractivity contribution in [2.45, 2.75) is 38.0 Å². The SMILES string of the molecule is CC(C)C[C@@H](NS(=O)(=O)[C@H]1CCOC1)c1ccccc1. The highest BCUT2D eigenvalue weighted by molar-refractivity contribution is 7.90. The molecule has 1 aromatic rings. The van der Waals surface area contributed by atoms with Gasteiger partial charge in [-0.15, -0.1) is 0 Å². The summed E-state index contributed by atoms with van der Waals surface area (Å²) in [5, 5.41) is -0.416. The normalized spacial score (nSPS) is 21.2. The highest BCUT2D eigenvalue weighted by Crippen LogP contribution is 2.24. The van der Waals surface area contributed by atoms with Crippen LogP contribution in [0.2, 0.25) is 0 Å². The number of benzene rings is 1. The Morgan fingerprint density at radius 3 is 2.55 bits per heavy atom. The van der Waals surface area contributed by atoms with Gasteiger partial charge in [0.25, 0.3) is 0 Å². The van der Waals surface area contributed by atoms with Crippen molar-refractivity contribution >= 4 is 10.0 Å². The molecule has 1 aliphatic rings. The zero-order valence-electron chi connectivity index (χ0n) is 12.1. The van der Waals surface area contributed by atoms with Crippen molar-refractivity contribution in [3.8, 4) is 0 Å². The van der Waals surface area contributed by atoms with E-state index in [2.05, 4.69) is 18.6 Å². The van der Waals surface area contributed by atoms with Crippen LogP contribution in [0.1, 0.15) is 38.3 Å². The molecule has 1 aliphatic heterocycles. The van der Waals surface area contributed by atoms with Crippen molar-refractivity contribution in [1.29, 1.82) is 0 Å². The Bertz CT molecular complexity index is 507. The number of hydrogen-bond acceptors (Lipinski definition) is 3. The molecule has 1 saturated heterocycles. The maximum Gasteiger partial charge on any atom is 0.217 e. The molecule has 0 saturated carbocycles. The molecule has 0 radical (unpaired) electrons. The average Bonchev–Trinajstić information content (AvgIpc) is 2.93. The van der Waals surface area contributed by atoms with Gasteiger partial charge in [0.1, 0.15) is 5.25 Å². The molecule has 112 valence electrons. The summed E-state index contributed by atoms with van der Waals surface area (Å²) in [6, 6.07) is 9.60. The molecule has 5 heteroatoms. The van der Waals surface area contributed by atoms with Crippen LogP contribution in [-0.4, -0.2) is 26.9 Å². The highest BCUT2D eigenvalue weighted by atomic mass is 32.2. The van der Waals surface area contributed by atoms with Crippen molar-refractivity contribution in [3.63, 3.8) is 0 Å². The predicted molar refractivity (Wildman–Crippen MR) is 79.9 cm³/mol. The predicted octanol–water partition coefficient (Wildman–Crippen LogP) is 2.48. The van der Waals surface area contributed by atoms with Gasteiger partial charge in [-0.2, -0.15) is 0 Å². The molecule has 0 aromatic heterocycles. The first kappa shape index (κ1) is 15.5. The van der Waals surface area contributed by atoms with Crippen molar-refractivity contribution in [3.05, 3.63) is 35.9 Å². The number of ether oxygens (including phenoxy) is 1. The highest BCUT2D eigenvalue weighted by Gasteiger charge is 2.31. The van der Waals surface area contributed by atoms with Crippen molar-refractivity contribution in [2.75, 3.05) is 13.2 Å². The van der Waals surface area contributed by atoms with Gasteiger partial charge in [0.05, 0.1) is 6.61 Å². The lowest BCUT2D eigenvalue weighted by Gasteiger charge is -2.22. The minimum atomic E-state index is -3.33. The van der Waals surface area contributed by atoms with Crippen LogP contribution >= 0.6 is 0 Å². The van der Waals surface area contributed by atoms with Crippen LogP contribution in [0.4, 0.5) is 0 Å². The Kier molecular flexibility index (Phi) is 5.18. The smallest absolute Gasteiger partial charge is 0.217 e. The van der Waals surface area contributed by atoms with Crippen molar-refractivity contribution < 1.29 is 13.2 Å². The van der Waals surface area contributed by atoms with Gasteiger partial charge in [-0.05, 0) is 24.3 Å². The third-order valence-electron chi connectivity index (χ3n) is 3.54. The van der Waals surface area contributed by atoms with Gasteiger partial charge in [-0.1, -0.05) is 44.2 Å². The van der Waals surface area contributed by atoms with E-state index in [1.807, 2.05) is 30.3 Å². The van der Waals surface area contributed by atoms with Crippen LogP contribution in [0.15, 0.2) is 30.3 Å². The van der Waals surface area contributed by atoms with E-state index >= 15 is 0 Å². The van der Waals surface area contributed by atoms with E-state index in [9.17, 15) is 8.42 Å². The van der Waals surface area contributed by atoms with Crippen LogP contribution in [0.3, 0.4) is 0 Å². The van der Waals surface area contributed by atoms with E-state index in [4.69, 9.17) is 4.74 Å². The fourth-order valence-corrected chi connectivity index (χ4v) is 3.96. The van der Waals surface area contributed by atoms with Crippen molar-refractivity contribution in [1.82, 2.24) is 4.72 Å². The lowest BCUT2D eigenvalue weighted by atomic mass is 9.98. The van der Waals surface area contributed by atoms with E-state index in [1.54, 1.807) is 0 Å². The third-order valence-corrected chi connectivity index (χ3v) is 5.40. The minimum absolute atomic E-state index is 0.165. The average molecular weight is 297 g/mol. The monoisotopic (exact) mass is 297 g/mol. The van der Waals surface area contributed by atoms with Gasteiger partial charge in [-0.3, -0.25) is 0 Å². The zero-order valence-corrected chi connectivity index (χ0v) is 12.9. The summed E-state index contributed by atoms with van der Waals surface area (Å²) in [4.78, 5) is 0. The Hall–Kier alpha value is -0.910. The number of sulfonamides is 1. The largest absolute Gasteiger partial charge is 0.380 e.